The fourth-order valence-electron chi connectivity index (χ4n) is 1.60. The second-order valence-corrected chi connectivity index (χ2v) is 4.83. The molecule has 3 nitrogen and oxygen atoms in total. The van der Waals surface area contributed by atoms with Gasteiger partial charge in [-0.2, -0.15) is 0 Å². The topological polar surface area (TPSA) is 50.9 Å². The Labute approximate surface area is 109 Å². The molecule has 2 aromatic rings. The van der Waals surface area contributed by atoms with Crippen LogP contribution in [0.5, 0.6) is 0 Å². The maximum Gasteiger partial charge on any atom is 0.0723 e. The molecule has 1 heterocycles. The quantitative estimate of drug-likeness (QED) is 0.670. The van der Waals surface area contributed by atoms with Gasteiger partial charge in [0, 0.05) is 27.4 Å². The lowest BCUT2D eigenvalue weighted by Gasteiger charge is -2.08. The number of nitrogens with zero attached hydrogens (tertiary/aromatic N) is 1. The standard InChI is InChI=1S/C12H14IN3/c13-9-2-3-11-10(8-9)12(4-7-16-11)15-6-1-5-14/h2-4,7-8H,1,5-6,14H2,(H,15,16). The van der Waals surface area contributed by atoms with Crippen LogP contribution in [-0.2, 0) is 0 Å². The maximum absolute atomic E-state index is 5.48. The molecule has 0 fully saturated rings. The van der Waals surface area contributed by atoms with Crippen molar-refractivity contribution >= 4 is 39.2 Å². The van der Waals surface area contributed by atoms with Gasteiger partial charge in [0.25, 0.3) is 0 Å². The molecule has 0 aliphatic carbocycles. The number of nitrogens with one attached hydrogen (secondary N) is 1. The SMILES string of the molecule is NCCCNc1ccnc2ccc(I)cc12. The van der Waals surface area contributed by atoms with Gasteiger partial charge in [0.15, 0.2) is 0 Å². The van der Waals surface area contributed by atoms with Crippen molar-refractivity contribution in [1.82, 2.24) is 4.98 Å². The normalized spacial score (nSPS) is 10.6. The molecule has 0 amide bonds. The minimum atomic E-state index is 0.716. The third-order valence-corrected chi connectivity index (χ3v) is 3.07. The number of benzene rings is 1. The molecule has 0 radical (unpaired) electrons. The van der Waals surface area contributed by atoms with E-state index in [1.165, 1.54) is 8.96 Å². The van der Waals surface area contributed by atoms with Crippen LogP contribution in [0.3, 0.4) is 0 Å². The average molecular weight is 327 g/mol. The second kappa shape index (κ2) is 5.45. The molecule has 1 aromatic heterocycles. The molecule has 3 N–H and O–H groups in total. The monoisotopic (exact) mass is 327 g/mol. The Bertz CT molecular complexity index is 485. The van der Waals surface area contributed by atoms with Gasteiger partial charge < -0.3 is 11.1 Å². The molecule has 0 saturated heterocycles. The molecule has 16 heavy (non-hydrogen) atoms. The molecule has 4 heteroatoms. The van der Waals surface area contributed by atoms with E-state index < -0.39 is 0 Å². The van der Waals surface area contributed by atoms with E-state index >= 15 is 0 Å². The van der Waals surface area contributed by atoms with Gasteiger partial charge in [-0.3, -0.25) is 4.98 Å². The number of anilines is 1. The van der Waals surface area contributed by atoms with Crippen molar-refractivity contribution in [2.24, 2.45) is 5.73 Å². The summed E-state index contributed by atoms with van der Waals surface area (Å²) in [5, 5.41) is 4.57. The molecular weight excluding hydrogens is 313 g/mol. The molecule has 0 unspecified atom stereocenters. The van der Waals surface area contributed by atoms with E-state index in [2.05, 4.69) is 45.0 Å². The van der Waals surface area contributed by atoms with Gasteiger partial charge in [0.05, 0.1) is 5.52 Å². The predicted molar refractivity (Wildman–Crippen MR) is 76.6 cm³/mol. The summed E-state index contributed by atoms with van der Waals surface area (Å²) >= 11 is 2.31. The van der Waals surface area contributed by atoms with Crippen molar-refractivity contribution in [2.75, 3.05) is 18.4 Å². The van der Waals surface area contributed by atoms with Crippen molar-refractivity contribution < 1.29 is 0 Å². The van der Waals surface area contributed by atoms with Gasteiger partial charge >= 0.3 is 0 Å². The highest BCUT2D eigenvalue weighted by Gasteiger charge is 2.01. The van der Waals surface area contributed by atoms with E-state index in [9.17, 15) is 0 Å². The summed E-state index contributed by atoms with van der Waals surface area (Å²) in [6.07, 6.45) is 2.81. The summed E-state index contributed by atoms with van der Waals surface area (Å²) in [6, 6.07) is 8.27. The molecule has 2 rings (SSSR count). The highest BCUT2D eigenvalue weighted by Crippen LogP contribution is 2.23. The molecule has 84 valence electrons. The smallest absolute Gasteiger partial charge is 0.0723 e. The van der Waals surface area contributed by atoms with Crippen molar-refractivity contribution in [3.8, 4) is 0 Å². The van der Waals surface area contributed by atoms with E-state index in [0.29, 0.717) is 6.54 Å². The zero-order chi connectivity index (χ0) is 11.4. The van der Waals surface area contributed by atoms with Crippen LogP contribution in [0.1, 0.15) is 6.42 Å². The summed E-state index contributed by atoms with van der Waals surface area (Å²) < 4.78 is 1.22. The number of pyridine rings is 1. The second-order valence-electron chi connectivity index (χ2n) is 3.59. The molecule has 0 aliphatic heterocycles. The van der Waals surface area contributed by atoms with Crippen molar-refractivity contribution in [2.45, 2.75) is 6.42 Å². The average Bonchev–Trinajstić information content (AvgIpc) is 2.30. The Balaban J connectivity index is 2.32. The van der Waals surface area contributed by atoms with Crippen LogP contribution >= 0.6 is 22.6 Å². The molecular formula is C12H14IN3. The fourth-order valence-corrected chi connectivity index (χ4v) is 2.09. The van der Waals surface area contributed by atoms with E-state index in [-0.39, 0.29) is 0 Å². The number of rotatable bonds is 4. The van der Waals surface area contributed by atoms with Crippen molar-refractivity contribution in [1.29, 1.82) is 0 Å². The minimum Gasteiger partial charge on any atom is -0.384 e. The van der Waals surface area contributed by atoms with Crippen LogP contribution in [-0.4, -0.2) is 18.1 Å². The first kappa shape index (κ1) is 11.6. The van der Waals surface area contributed by atoms with Crippen LogP contribution in [0.15, 0.2) is 30.5 Å². The van der Waals surface area contributed by atoms with Crippen LogP contribution in [0.25, 0.3) is 10.9 Å². The number of hydrogen-bond donors (Lipinski definition) is 2. The van der Waals surface area contributed by atoms with Gasteiger partial charge in [-0.05, 0) is 59.8 Å². The Hall–Kier alpha value is -0.880. The molecule has 0 spiro atoms. The Morgan fingerprint density at radius 1 is 1.31 bits per heavy atom. The Morgan fingerprint density at radius 3 is 3.00 bits per heavy atom. The molecule has 0 atom stereocenters. The maximum atomic E-state index is 5.48. The first-order valence-corrected chi connectivity index (χ1v) is 6.37. The van der Waals surface area contributed by atoms with Crippen molar-refractivity contribution in [3.63, 3.8) is 0 Å². The lowest BCUT2D eigenvalue weighted by molar-refractivity contribution is 0.875. The van der Waals surface area contributed by atoms with E-state index in [4.69, 9.17) is 5.73 Å². The summed E-state index contributed by atoms with van der Waals surface area (Å²) in [4.78, 5) is 4.34. The van der Waals surface area contributed by atoms with Crippen molar-refractivity contribution in [3.05, 3.63) is 34.0 Å². The van der Waals surface area contributed by atoms with Crippen LogP contribution in [0.4, 0.5) is 5.69 Å². The largest absolute Gasteiger partial charge is 0.384 e. The van der Waals surface area contributed by atoms with Crippen LogP contribution in [0, 0.1) is 3.57 Å². The minimum absolute atomic E-state index is 0.716. The zero-order valence-electron chi connectivity index (χ0n) is 8.91. The van der Waals surface area contributed by atoms with E-state index in [0.717, 1.165) is 24.2 Å². The highest BCUT2D eigenvalue weighted by molar-refractivity contribution is 14.1. The molecule has 0 bridgehead atoms. The highest BCUT2D eigenvalue weighted by atomic mass is 127. The van der Waals surface area contributed by atoms with E-state index in [1.54, 1.807) is 0 Å². The number of halogens is 1. The lowest BCUT2D eigenvalue weighted by Crippen LogP contribution is -2.08. The molecule has 0 aliphatic rings. The fraction of sp³-hybridized carbons (Fsp3) is 0.250. The third kappa shape index (κ3) is 2.62. The van der Waals surface area contributed by atoms with Gasteiger partial charge in [0.2, 0.25) is 0 Å². The number of hydrogen-bond acceptors (Lipinski definition) is 3. The number of nitrogens with two attached hydrogens (primary N) is 1. The van der Waals surface area contributed by atoms with Gasteiger partial charge in [0.1, 0.15) is 0 Å². The zero-order valence-corrected chi connectivity index (χ0v) is 11.1. The summed E-state index contributed by atoms with van der Waals surface area (Å²) in [7, 11) is 0. The Morgan fingerprint density at radius 2 is 2.19 bits per heavy atom. The van der Waals surface area contributed by atoms with Crippen LogP contribution in [0.2, 0.25) is 0 Å². The third-order valence-electron chi connectivity index (χ3n) is 2.40. The van der Waals surface area contributed by atoms with Gasteiger partial charge in [-0.1, -0.05) is 0 Å². The lowest BCUT2D eigenvalue weighted by atomic mass is 10.2. The summed E-state index contributed by atoms with van der Waals surface area (Å²) in [5.74, 6) is 0. The number of fused-ring (bicyclic) bond motifs is 1. The van der Waals surface area contributed by atoms with E-state index in [1.807, 2.05) is 18.3 Å². The predicted octanol–water partition coefficient (Wildman–Crippen LogP) is 2.60. The van der Waals surface area contributed by atoms with Gasteiger partial charge in [-0.15, -0.1) is 0 Å². The van der Waals surface area contributed by atoms with Gasteiger partial charge in [-0.25, -0.2) is 0 Å². The first-order chi connectivity index (χ1) is 7.81. The first-order valence-electron chi connectivity index (χ1n) is 5.29. The molecule has 1 aromatic carbocycles. The Kier molecular flexibility index (Phi) is 3.95. The molecule has 0 saturated carbocycles. The summed E-state index contributed by atoms with van der Waals surface area (Å²) in [6.45, 7) is 1.62. The number of aromatic nitrogens is 1. The van der Waals surface area contributed by atoms with Crippen LogP contribution < -0.4 is 11.1 Å². The summed E-state index contributed by atoms with van der Waals surface area (Å²) in [5.41, 5.74) is 7.64.